The van der Waals surface area contributed by atoms with Crippen LogP contribution in [-0.4, -0.2) is 39.5 Å². The zero-order valence-corrected chi connectivity index (χ0v) is 12.6. The first-order chi connectivity index (χ1) is 9.70. The number of piperidine rings is 1. The van der Waals surface area contributed by atoms with Crippen molar-refractivity contribution in [3.63, 3.8) is 0 Å². The summed E-state index contributed by atoms with van der Waals surface area (Å²) in [5.41, 5.74) is 8.42. The second-order valence-corrected chi connectivity index (χ2v) is 5.47. The molecule has 0 atom stereocenters. The van der Waals surface area contributed by atoms with E-state index in [1.54, 1.807) is 7.11 Å². The van der Waals surface area contributed by atoms with E-state index in [0.717, 1.165) is 44.7 Å². The minimum absolute atomic E-state index is 0.371. The molecule has 112 valence electrons. The lowest BCUT2D eigenvalue weighted by Gasteiger charge is -2.32. The Labute approximate surface area is 121 Å². The maximum atomic E-state index is 5.95. The molecule has 1 saturated heterocycles. The SMILES string of the molecule is COCCCOc1ccc(N2CCC(N)CC2)cc1C. The molecular weight excluding hydrogens is 252 g/mol. The smallest absolute Gasteiger partial charge is 0.122 e. The number of anilines is 1. The molecule has 2 rings (SSSR count). The second kappa shape index (κ2) is 7.50. The highest BCUT2D eigenvalue weighted by molar-refractivity contribution is 5.53. The monoisotopic (exact) mass is 278 g/mol. The standard InChI is InChI=1S/C16H26N2O2/c1-13-12-15(18-8-6-14(17)7-9-18)4-5-16(13)20-11-3-10-19-2/h4-5,12,14H,3,6-11,17H2,1-2H3. The number of nitrogens with zero attached hydrogens (tertiary/aromatic N) is 1. The van der Waals surface area contributed by atoms with Crippen molar-refractivity contribution in [2.45, 2.75) is 32.2 Å². The molecule has 0 unspecified atom stereocenters. The van der Waals surface area contributed by atoms with Gasteiger partial charge in [0.2, 0.25) is 0 Å². The van der Waals surface area contributed by atoms with Crippen LogP contribution in [0.5, 0.6) is 5.75 Å². The average Bonchev–Trinajstić information content (AvgIpc) is 2.46. The molecule has 1 heterocycles. The zero-order valence-electron chi connectivity index (χ0n) is 12.6. The van der Waals surface area contributed by atoms with Crippen LogP contribution in [0.15, 0.2) is 18.2 Å². The van der Waals surface area contributed by atoms with Gasteiger partial charge in [-0.25, -0.2) is 0 Å². The molecule has 4 heteroatoms. The van der Waals surface area contributed by atoms with Crippen molar-refractivity contribution in [2.75, 3.05) is 38.3 Å². The van der Waals surface area contributed by atoms with Crippen LogP contribution in [0.1, 0.15) is 24.8 Å². The number of methoxy groups -OCH3 is 1. The highest BCUT2D eigenvalue weighted by Crippen LogP contribution is 2.26. The summed E-state index contributed by atoms with van der Waals surface area (Å²) in [5.74, 6) is 0.971. The fourth-order valence-corrected chi connectivity index (χ4v) is 2.54. The first kappa shape index (κ1) is 15.1. The summed E-state index contributed by atoms with van der Waals surface area (Å²) < 4.78 is 10.8. The summed E-state index contributed by atoms with van der Waals surface area (Å²) >= 11 is 0. The third-order valence-electron chi connectivity index (χ3n) is 3.81. The normalized spacial score (nSPS) is 16.4. The number of nitrogens with two attached hydrogens (primary N) is 1. The Hall–Kier alpha value is -1.26. The van der Waals surface area contributed by atoms with Gasteiger partial charge < -0.3 is 20.1 Å². The summed E-state index contributed by atoms with van der Waals surface area (Å²) in [4.78, 5) is 2.41. The van der Waals surface area contributed by atoms with Crippen LogP contribution in [0.25, 0.3) is 0 Å². The number of hydrogen-bond acceptors (Lipinski definition) is 4. The highest BCUT2D eigenvalue weighted by Gasteiger charge is 2.16. The number of benzene rings is 1. The quantitative estimate of drug-likeness (QED) is 0.811. The summed E-state index contributed by atoms with van der Waals surface area (Å²) in [6, 6.07) is 6.81. The van der Waals surface area contributed by atoms with Crippen LogP contribution in [-0.2, 0) is 4.74 Å². The van der Waals surface area contributed by atoms with Crippen molar-refractivity contribution in [1.29, 1.82) is 0 Å². The van der Waals surface area contributed by atoms with Crippen molar-refractivity contribution in [2.24, 2.45) is 5.73 Å². The van der Waals surface area contributed by atoms with Gasteiger partial charge in [0.1, 0.15) is 5.75 Å². The molecule has 20 heavy (non-hydrogen) atoms. The van der Waals surface area contributed by atoms with Crippen LogP contribution in [0.3, 0.4) is 0 Å². The van der Waals surface area contributed by atoms with Gasteiger partial charge in [-0.15, -0.1) is 0 Å². The molecule has 1 aromatic carbocycles. The van der Waals surface area contributed by atoms with E-state index in [1.165, 1.54) is 11.3 Å². The van der Waals surface area contributed by atoms with E-state index < -0.39 is 0 Å². The molecule has 0 aromatic heterocycles. The Balaban J connectivity index is 1.91. The molecule has 2 N–H and O–H groups in total. The maximum Gasteiger partial charge on any atom is 0.122 e. The molecule has 1 aromatic rings. The third-order valence-corrected chi connectivity index (χ3v) is 3.81. The van der Waals surface area contributed by atoms with Gasteiger partial charge in [-0.1, -0.05) is 0 Å². The molecule has 0 radical (unpaired) electrons. The molecule has 0 bridgehead atoms. The molecular formula is C16H26N2O2. The lowest BCUT2D eigenvalue weighted by Crippen LogP contribution is -2.39. The minimum Gasteiger partial charge on any atom is -0.493 e. The maximum absolute atomic E-state index is 5.95. The van der Waals surface area contributed by atoms with Crippen LogP contribution >= 0.6 is 0 Å². The van der Waals surface area contributed by atoms with Gasteiger partial charge in [-0.2, -0.15) is 0 Å². The van der Waals surface area contributed by atoms with Crippen LogP contribution in [0.2, 0.25) is 0 Å². The van der Waals surface area contributed by atoms with E-state index in [4.69, 9.17) is 15.2 Å². The summed E-state index contributed by atoms with van der Waals surface area (Å²) in [5, 5.41) is 0. The molecule has 0 amide bonds. The van der Waals surface area contributed by atoms with Gasteiger partial charge in [0.15, 0.2) is 0 Å². The first-order valence-electron chi connectivity index (χ1n) is 7.43. The lowest BCUT2D eigenvalue weighted by molar-refractivity contribution is 0.172. The molecule has 1 fully saturated rings. The van der Waals surface area contributed by atoms with Crippen molar-refractivity contribution >= 4 is 5.69 Å². The van der Waals surface area contributed by atoms with Gasteiger partial charge in [-0.05, 0) is 43.5 Å². The van der Waals surface area contributed by atoms with E-state index in [2.05, 4.69) is 30.0 Å². The van der Waals surface area contributed by atoms with Crippen molar-refractivity contribution in [3.8, 4) is 5.75 Å². The molecule has 1 aliphatic heterocycles. The first-order valence-corrected chi connectivity index (χ1v) is 7.43. The Morgan fingerprint density at radius 3 is 2.65 bits per heavy atom. The van der Waals surface area contributed by atoms with Gasteiger partial charge in [0, 0.05) is 45.0 Å². The summed E-state index contributed by atoms with van der Waals surface area (Å²) in [7, 11) is 1.71. The van der Waals surface area contributed by atoms with Crippen LogP contribution in [0.4, 0.5) is 5.69 Å². The molecule has 0 saturated carbocycles. The van der Waals surface area contributed by atoms with Crippen molar-refractivity contribution in [3.05, 3.63) is 23.8 Å². The largest absolute Gasteiger partial charge is 0.493 e. The van der Waals surface area contributed by atoms with E-state index >= 15 is 0 Å². The van der Waals surface area contributed by atoms with Crippen molar-refractivity contribution in [1.82, 2.24) is 0 Å². The summed E-state index contributed by atoms with van der Waals surface area (Å²) in [6.45, 7) is 5.64. The number of aryl methyl sites for hydroxylation is 1. The zero-order chi connectivity index (χ0) is 14.4. The number of rotatable bonds is 6. The van der Waals surface area contributed by atoms with Crippen LogP contribution < -0.4 is 15.4 Å². The third kappa shape index (κ3) is 4.12. The predicted molar refractivity (Wildman–Crippen MR) is 82.6 cm³/mol. The fourth-order valence-electron chi connectivity index (χ4n) is 2.54. The Morgan fingerprint density at radius 1 is 1.25 bits per heavy atom. The Morgan fingerprint density at radius 2 is 2.00 bits per heavy atom. The Bertz CT molecular complexity index is 415. The van der Waals surface area contributed by atoms with E-state index in [1.807, 2.05) is 0 Å². The molecule has 1 aliphatic rings. The predicted octanol–water partition coefficient (Wildman–Crippen LogP) is 2.34. The number of ether oxygens (including phenoxy) is 2. The van der Waals surface area contributed by atoms with E-state index in [-0.39, 0.29) is 0 Å². The molecule has 0 spiro atoms. The van der Waals surface area contributed by atoms with E-state index in [0.29, 0.717) is 12.6 Å². The van der Waals surface area contributed by atoms with Gasteiger partial charge >= 0.3 is 0 Å². The second-order valence-electron chi connectivity index (χ2n) is 5.47. The molecule has 4 nitrogen and oxygen atoms in total. The van der Waals surface area contributed by atoms with Gasteiger partial charge in [0.25, 0.3) is 0 Å². The summed E-state index contributed by atoms with van der Waals surface area (Å²) in [6.07, 6.45) is 3.07. The fraction of sp³-hybridized carbons (Fsp3) is 0.625. The van der Waals surface area contributed by atoms with Gasteiger partial charge in [0.05, 0.1) is 6.61 Å². The van der Waals surface area contributed by atoms with E-state index in [9.17, 15) is 0 Å². The Kier molecular flexibility index (Phi) is 5.68. The average molecular weight is 278 g/mol. The van der Waals surface area contributed by atoms with Gasteiger partial charge in [-0.3, -0.25) is 0 Å². The number of hydrogen-bond donors (Lipinski definition) is 1. The van der Waals surface area contributed by atoms with Crippen LogP contribution in [0, 0.1) is 6.92 Å². The highest BCUT2D eigenvalue weighted by atomic mass is 16.5. The lowest BCUT2D eigenvalue weighted by atomic mass is 10.0. The van der Waals surface area contributed by atoms with Crippen molar-refractivity contribution < 1.29 is 9.47 Å². The molecule has 0 aliphatic carbocycles. The topological polar surface area (TPSA) is 47.7 Å². The minimum atomic E-state index is 0.371.